The maximum atomic E-state index is 12.8. The normalized spacial score (nSPS) is 17.7. The molecule has 0 bridgehead atoms. The number of benzene rings is 1. The van der Waals surface area contributed by atoms with Crippen LogP contribution in [0.2, 0.25) is 5.02 Å². The van der Waals surface area contributed by atoms with Gasteiger partial charge in [0.25, 0.3) is 5.91 Å². The largest absolute Gasteiger partial charge is 0.338 e. The highest BCUT2D eigenvalue weighted by Crippen LogP contribution is 2.27. The van der Waals surface area contributed by atoms with Crippen molar-refractivity contribution in [2.24, 2.45) is 0 Å². The fourth-order valence-corrected chi connectivity index (χ4v) is 3.70. The van der Waals surface area contributed by atoms with Crippen LogP contribution in [-0.2, 0) is 6.54 Å². The van der Waals surface area contributed by atoms with Crippen molar-refractivity contribution >= 4 is 17.5 Å². The zero-order valence-corrected chi connectivity index (χ0v) is 16.3. The number of carbonyl (C=O) groups is 1. The molecule has 2 aromatic rings. The number of carbonyl (C=O) groups excluding carboxylic acids is 1. The average molecular weight is 375 g/mol. The number of hydrogen-bond acceptors (Lipinski definition) is 3. The predicted molar refractivity (Wildman–Crippen MR) is 105 cm³/mol. The third-order valence-electron chi connectivity index (χ3n) is 4.92. The number of aryl methyl sites for hydroxylation is 1. The molecular formula is C20H27ClN4O. The molecule has 1 aliphatic rings. The van der Waals surface area contributed by atoms with E-state index in [0.29, 0.717) is 16.5 Å². The van der Waals surface area contributed by atoms with E-state index >= 15 is 0 Å². The van der Waals surface area contributed by atoms with Crippen LogP contribution in [0.25, 0.3) is 0 Å². The fraction of sp³-hybridized carbons (Fsp3) is 0.500. The Bertz CT molecular complexity index is 726. The third kappa shape index (κ3) is 4.65. The minimum Gasteiger partial charge on any atom is -0.338 e. The van der Waals surface area contributed by atoms with Crippen molar-refractivity contribution in [3.05, 3.63) is 53.1 Å². The average Bonchev–Trinajstić information content (AvgIpc) is 3.10. The summed E-state index contributed by atoms with van der Waals surface area (Å²) in [5.41, 5.74) is 0.698. The zero-order valence-electron chi connectivity index (χ0n) is 15.6. The number of likely N-dealkylation sites (tertiary alicyclic amines) is 1. The van der Waals surface area contributed by atoms with Crippen LogP contribution in [0, 0.1) is 0 Å². The van der Waals surface area contributed by atoms with Gasteiger partial charge in [-0.1, -0.05) is 11.6 Å². The van der Waals surface area contributed by atoms with E-state index in [0.717, 1.165) is 51.3 Å². The van der Waals surface area contributed by atoms with Crippen molar-refractivity contribution in [2.45, 2.75) is 31.7 Å². The second-order valence-electron chi connectivity index (χ2n) is 7.23. The number of nitrogens with zero attached hydrogens (tertiary/aromatic N) is 4. The van der Waals surface area contributed by atoms with Gasteiger partial charge in [0.2, 0.25) is 0 Å². The minimum atomic E-state index is 0.0806. The van der Waals surface area contributed by atoms with Crippen LogP contribution in [0.1, 0.15) is 41.4 Å². The summed E-state index contributed by atoms with van der Waals surface area (Å²) in [7, 11) is 4.19. The Morgan fingerprint density at radius 1 is 1.31 bits per heavy atom. The highest BCUT2D eigenvalue weighted by atomic mass is 35.5. The molecule has 0 radical (unpaired) electrons. The number of halogens is 1. The highest BCUT2D eigenvalue weighted by Gasteiger charge is 2.27. The molecule has 0 spiro atoms. The van der Waals surface area contributed by atoms with Crippen LogP contribution >= 0.6 is 11.6 Å². The quantitative estimate of drug-likeness (QED) is 0.777. The van der Waals surface area contributed by atoms with E-state index in [-0.39, 0.29) is 5.91 Å². The van der Waals surface area contributed by atoms with Gasteiger partial charge < -0.3 is 14.4 Å². The summed E-state index contributed by atoms with van der Waals surface area (Å²) in [5, 5.41) is 0.651. The molecule has 26 heavy (non-hydrogen) atoms. The Labute approximate surface area is 160 Å². The first-order chi connectivity index (χ1) is 12.5. The van der Waals surface area contributed by atoms with Crippen molar-refractivity contribution in [1.29, 1.82) is 0 Å². The van der Waals surface area contributed by atoms with Gasteiger partial charge in [-0.15, -0.1) is 0 Å². The van der Waals surface area contributed by atoms with Gasteiger partial charge in [-0.3, -0.25) is 4.79 Å². The molecule has 1 aromatic carbocycles. The number of piperidine rings is 1. The van der Waals surface area contributed by atoms with E-state index in [1.807, 2.05) is 11.1 Å². The predicted octanol–water partition coefficient (Wildman–Crippen LogP) is 3.51. The van der Waals surface area contributed by atoms with E-state index in [1.165, 1.54) is 0 Å². The molecule has 0 aliphatic carbocycles. The van der Waals surface area contributed by atoms with Crippen LogP contribution in [0.15, 0.2) is 36.7 Å². The molecule has 2 heterocycles. The highest BCUT2D eigenvalue weighted by molar-refractivity contribution is 6.30. The van der Waals surface area contributed by atoms with Gasteiger partial charge in [0.15, 0.2) is 0 Å². The summed E-state index contributed by atoms with van der Waals surface area (Å²) in [4.78, 5) is 21.6. The van der Waals surface area contributed by atoms with Gasteiger partial charge in [0, 0.05) is 48.5 Å². The molecule has 140 valence electrons. The first-order valence-electron chi connectivity index (χ1n) is 9.25. The van der Waals surface area contributed by atoms with E-state index < -0.39 is 0 Å². The zero-order chi connectivity index (χ0) is 18.5. The lowest BCUT2D eigenvalue weighted by Crippen LogP contribution is -2.39. The standard InChI is InChI=1S/C20H27ClN4O/c1-23(2)11-4-13-24-14-10-22-19(24)17-5-3-12-25(15-17)20(26)16-6-8-18(21)9-7-16/h6-10,14,17H,3-5,11-13,15H2,1-2H3/t17-/m1/s1. The van der Waals surface area contributed by atoms with Crippen molar-refractivity contribution in [1.82, 2.24) is 19.4 Å². The van der Waals surface area contributed by atoms with Crippen LogP contribution in [-0.4, -0.2) is 59.0 Å². The van der Waals surface area contributed by atoms with Crippen molar-refractivity contribution < 1.29 is 4.79 Å². The van der Waals surface area contributed by atoms with Gasteiger partial charge in [-0.25, -0.2) is 4.98 Å². The monoisotopic (exact) mass is 374 g/mol. The number of aromatic nitrogens is 2. The molecule has 1 aliphatic heterocycles. The topological polar surface area (TPSA) is 41.4 Å². The van der Waals surface area contributed by atoms with Crippen molar-refractivity contribution in [2.75, 3.05) is 33.7 Å². The van der Waals surface area contributed by atoms with Gasteiger partial charge >= 0.3 is 0 Å². The van der Waals surface area contributed by atoms with Crippen molar-refractivity contribution in [3.63, 3.8) is 0 Å². The lowest BCUT2D eigenvalue weighted by Gasteiger charge is -2.33. The molecular weight excluding hydrogens is 348 g/mol. The Morgan fingerprint density at radius 3 is 2.81 bits per heavy atom. The summed E-state index contributed by atoms with van der Waals surface area (Å²) in [6.45, 7) is 3.56. The van der Waals surface area contributed by atoms with E-state index in [2.05, 4.69) is 34.7 Å². The molecule has 6 heteroatoms. The molecule has 1 saturated heterocycles. The molecule has 1 aromatic heterocycles. The maximum absolute atomic E-state index is 12.8. The lowest BCUT2D eigenvalue weighted by molar-refractivity contribution is 0.0703. The van der Waals surface area contributed by atoms with Crippen LogP contribution < -0.4 is 0 Å². The number of rotatable bonds is 6. The summed E-state index contributed by atoms with van der Waals surface area (Å²) in [5.74, 6) is 1.49. The second kappa shape index (κ2) is 8.69. The van der Waals surface area contributed by atoms with E-state index in [9.17, 15) is 4.79 Å². The Balaban J connectivity index is 1.66. The molecule has 0 saturated carbocycles. The third-order valence-corrected chi connectivity index (χ3v) is 5.17. The molecule has 5 nitrogen and oxygen atoms in total. The lowest BCUT2D eigenvalue weighted by atomic mass is 9.96. The molecule has 1 atom stereocenters. The van der Waals surface area contributed by atoms with E-state index in [4.69, 9.17) is 11.6 Å². The van der Waals surface area contributed by atoms with Crippen LogP contribution in [0.4, 0.5) is 0 Å². The SMILES string of the molecule is CN(C)CCCn1ccnc1[C@@H]1CCCN(C(=O)c2ccc(Cl)cc2)C1. The Morgan fingerprint density at radius 2 is 2.08 bits per heavy atom. The summed E-state index contributed by atoms with van der Waals surface area (Å²) in [6, 6.07) is 7.15. The number of amides is 1. The van der Waals surface area contributed by atoms with Crippen LogP contribution in [0.5, 0.6) is 0 Å². The smallest absolute Gasteiger partial charge is 0.253 e. The molecule has 1 amide bonds. The minimum absolute atomic E-state index is 0.0806. The van der Waals surface area contributed by atoms with Gasteiger partial charge in [-0.05, 0) is 64.2 Å². The second-order valence-corrected chi connectivity index (χ2v) is 7.67. The van der Waals surface area contributed by atoms with Gasteiger partial charge in [0.1, 0.15) is 5.82 Å². The first-order valence-corrected chi connectivity index (χ1v) is 9.63. The number of hydrogen-bond donors (Lipinski definition) is 0. The molecule has 0 N–H and O–H groups in total. The van der Waals surface area contributed by atoms with Crippen LogP contribution in [0.3, 0.4) is 0 Å². The molecule has 3 rings (SSSR count). The van der Waals surface area contributed by atoms with Gasteiger partial charge in [0.05, 0.1) is 0 Å². The van der Waals surface area contributed by atoms with Crippen molar-refractivity contribution in [3.8, 4) is 0 Å². The maximum Gasteiger partial charge on any atom is 0.253 e. The molecule has 0 unspecified atom stereocenters. The number of imidazole rings is 1. The Hall–Kier alpha value is -1.85. The summed E-state index contributed by atoms with van der Waals surface area (Å²) >= 11 is 5.93. The molecule has 1 fully saturated rings. The summed E-state index contributed by atoms with van der Waals surface area (Å²) < 4.78 is 2.25. The Kier molecular flexibility index (Phi) is 6.33. The summed E-state index contributed by atoms with van der Waals surface area (Å²) in [6.07, 6.45) is 7.12. The van der Waals surface area contributed by atoms with E-state index in [1.54, 1.807) is 24.3 Å². The van der Waals surface area contributed by atoms with Gasteiger partial charge in [-0.2, -0.15) is 0 Å². The first kappa shape index (κ1) is 18.9. The fourth-order valence-electron chi connectivity index (χ4n) is 3.57.